The van der Waals surface area contributed by atoms with E-state index >= 15 is 0 Å². The van der Waals surface area contributed by atoms with E-state index < -0.39 is 11.0 Å². The number of benzene rings is 1. The van der Waals surface area contributed by atoms with Crippen molar-refractivity contribution in [1.29, 1.82) is 0 Å². The van der Waals surface area contributed by atoms with Crippen molar-refractivity contribution in [3.8, 4) is 0 Å². The van der Waals surface area contributed by atoms with Crippen LogP contribution in [-0.2, 0) is 14.9 Å². The van der Waals surface area contributed by atoms with Crippen molar-refractivity contribution in [2.75, 3.05) is 13.1 Å². The first kappa shape index (κ1) is 22.9. The van der Waals surface area contributed by atoms with Gasteiger partial charge in [-0.05, 0) is 81.0 Å². The number of nitrogens with two attached hydrogens (primary N) is 1. The summed E-state index contributed by atoms with van der Waals surface area (Å²) in [7, 11) is 0. The number of hydrazine groups is 1. The normalized spacial score (nSPS) is 20.8. The van der Waals surface area contributed by atoms with Gasteiger partial charge in [-0.15, -0.1) is 0 Å². The highest BCUT2D eigenvalue weighted by molar-refractivity contribution is 6.31. The van der Waals surface area contributed by atoms with Crippen molar-refractivity contribution in [2.45, 2.75) is 77.7 Å². The third-order valence-corrected chi connectivity index (χ3v) is 7.24. The van der Waals surface area contributed by atoms with Crippen LogP contribution >= 0.6 is 11.6 Å². The summed E-state index contributed by atoms with van der Waals surface area (Å²) in [4.78, 5) is 26.9. The van der Waals surface area contributed by atoms with Gasteiger partial charge in [0.25, 0.3) is 0 Å². The van der Waals surface area contributed by atoms with Crippen LogP contribution in [-0.4, -0.2) is 35.6 Å². The Labute approximate surface area is 184 Å². The Morgan fingerprint density at radius 1 is 1.20 bits per heavy atom. The number of aryl methyl sites for hydroxylation is 1. The molecular weight excluding hydrogens is 402 g/mol. The van der Waals surface area contributed by atoms with E-state index in [9.17, 15) is 9.59 Å². The topological polar surface area (TPSA) is 84.7 Å². The van der Waals surface area contributed by atoms with Gasteiger partial charge in [-0.1, -0.05) is 31.5 Å². The molecule has 1 atom stereocenters. The van der Waals surface area contributed by atoms with Crippen LogP contribution in [0.3, 0.4) is 0 Å². The van der Waals surface area contributed by atoms with E-state index in [1.807, 2.05) is 41.5 Å². The Morgan fingerprint density at radius 2 is 1.80 bits per heavy atom. The van der Waals surface area contributed by atoms with Gasteiger partial charge in [0, 0.05) is 18.1 Å². The second-order valence-corrected chi connectivity index (χ2v) is 10.8. The number of fused-ring (bicyclic) bond motifs is 2. The zero-order valence-corrected chi connectivity index (χ0v) is 19.7. The van der Waals surface area contributed by atoms with Crippen LogP contribution < -0.4 is 11.3 Å². The number of halogens is 1. The van der Waals surface area contributed by atoms with Crippen LogP contribution in [0.15, 0.2) is 12.1 Å². The lowest BCUT2D eigenvalue weighted by Gasteiger charge is -2.41. The number of carbonyl (C=O) groups is 2. The molecule has 1 aromatic carbocycles. The largest absolute Gasteiger partial charge is 0.444 e. The zero-order valence-electron chi connectivity index (χ0n) is 18.9. The molecule has 1 aliphatic carbocycles. The minimum absolute atomic E-state index is 0.0279. The first-order valence-electron chi connectivity index (χ1n) is 10.6. The van der Waals surface area contributed by atoms with E-state index in [1.54, 1.807) is 4.90 Å². The Bertz CT molecular complexity index is 852. The Balaban J connectivity index is 1.92. The maximum absolute atomic E-state index is 12.6. The van der Waals surface area contributed by atoms with Crippen molar-refractivity contribution in [2.24, 2.45) is 11.3 Å². The first-order chi connectivity index (χ1) is 13.8. The van der Waals surface area contributed by atoms with Crippen molar-refractivity contribution in [3.63, 3.8) is 0 Å². The molecule has 0 aromatic heterocycles. The number of ether oxygens (including phenoxy) is 1. The monoisotopic (exact) mass is 435 g/mol. The molecule has 166 valence electrons. The number of nitrogens with zero attached hydrogens (tertiary/aromatic N) is 1. The number of hydrogen-bond donors (Lipinski definition) is 2. The predicted molar refractivity (Wildman–Crippen MR) is 118 cm³/mol. The second kappa shape index (κ2) is 7.72. The summed E-state index contributed by atoms with van der Waals surface area (Å²) in [6.45, 7) is 12.8. The first-order valence-corrected chi connectivity index (χ1v) is 11.0. The van der Waals surface area contributed by atoms with Gasteiger partial charge in [-0.25, -0.2) is 10.6 Å². The SMILES string of the molecule is Cc1cc2c(cc1Cl)C1(CCN(C(=O)OC(C)(C)C)CC1)CC2C(C)(C)C(=O)NN. The van der Waals surface area contributed by atoms with Crippen molar-refractivity contribution in [1.82, 2.24) is 10.3 Å². The van der Waals surface area contributed by atoms with E-state index in [1.165, 1.54) is 11.1 Å². The number of piperidine rings is 1. The number of likely N-dealkylation sites (tertiary alicyclic amines) is 1. The maximum Gasteiger partial charge on any atom is 0.410 e. The molecule has 3 rings (SSSR count). The van der Waals surface area contributed by atoms with Crippen molar-refractivity contribution < 1.29 is 14.3 Å². The van der Waals surface area contributed by atoms with E-state index in [0.29, 0.717) is 13.1 Å². The molecule has 1 spiro atoms. The predicted octanol–water partition coefficient (Wildman–Crippen LogP) is 4.42. The molecule has 2 aliphatic rings. The molecule has 1 aliphatic heterocycles. The molecule has 1 fully saturated rings. The second-order valence-electron chi connectivity index (χ2n) is 10.4. The van der Waals surface area contributed by atoms with Gasteiger partial charge >= 0.3 is 6.09 Å². The van der Waals surface area contributed by atoms with Crippen LogP contribution in [0.2, 0.25) is 5.02 Å². The molecule has 6 nitrogen and oxygen atoms in total. The van der Waals surface area contributed by atoms with Crippen molar-refractivity contribution >= 4 is 23.6 Å². The van der Waals surface area contributed by atoms with Gasteiger partial charge in [0.05, 0.1) is 5.41 Å². The number of amides is 2. The molecule has 0 radical (unpaired) electrons. The Morgan fingerprint density at radius 3 is 2.33 bits per heavy atom. The van der Waals surface area contributed by atoms with Crippen LogP contribution in [0.1, 0.15) is 76.5 Å². The summed E-state index contributed by atoms with van der Waals surface area (Å²) in [6, 6.07) is 4.20. The summed E-state index contributed by atoms with van der Waals surface area (Å²) >= 11 is 6.51. The van der Waals surface area contributed by atoms with Gasteiger partial charge in [0.2, 0.25) is 5.91 Å². The van der Waals surface area contributed by atoms with Gasteiger partial charge in [0.1, 0.15) is 5.60 Å². The number of carbonyl (C=O) groups excluding carboxylic acids is 2. The molecule has 2 amide bonds. The molecular formula is C23H34ClN3O3. The van der Waals surface area contributed by atoms with Crippen LogP contribution in [0.5, 0.6) is 0 Å². The minimum atomic E-state index is -0.657. The standard InChI is InChI=1S/C23H34ClN3O3/c1-14-11-15-16(12-18(14)24)23(13-17(15)22(5,6)19(28)26-25)7-9-27(10-8-23)20(29)30-21(2,3)4/h11-12,17H,7-10,13,25H2,1-6H3,(H,26,28). The van der Waals surface area contributed by atoms with E-state index in [-0.39, 0.29) is 23.3 Å². The summed E-state index contributed by atoms with van der Waals surface area (Å²) in [5.74, 6) is 5.35. The van der Waals surface area contributed by atoms with E-state index in [2.05, 4.69) is 17.6 Å². The Hall–Kier alpha value is -1.79. The molecule has 1 unspecified atom stereocenters. The lowest BCUT2D eigenvalue weighted by Crippen LogP contribution is -2.47. The molecule has 3 N–H and O–H groups in total. The maximum atomic E-state index is 12.6. The summed E-state index contributed by atoms with van der Waals surface area (Å²) < 4.78 is 5.55. The summed E-state index contributed by atoms with van der Waals surface area (Å²) in [5.41, 5.74) is 4.46. The molecule has 0 saturated carbocycles. The van der Waals surface area contributed by atoms with E-state index in [0.717, 1.165) is 29.8 Å². The van der Waals surface area contributed by atoms with Crippen LogP contribution in [0.4, 0.5) is 4.79 Å². The summed E-state index contributed by atoms with van der Waals surface area (Å²) in [5, 5.41) is 0.740. The summed E-state index contributed by atoms with van der Waals surface area (Å²) in [6.07, 6.45) is 2.20. The number of rotatable bonds is 2. The molecule has 7 heteroatoms. The molecule has 1 saturated heterocycles. The highest BCUT2D eigenvalue weighted by Crippen LogP contribution is 2.57. The Kier molecular flexibility index (Phi) is 5.89. The minimum Gasteiger partial charge on any atom is -0.444 e. The smallest absolute Gasteiger partial charge is 0.410 e. The van der Waals surface area contributed by atoms with Crippen LogP contribution in [0.25, 0.3) is 0 Å². The van der Waals surface area contributed by atoms with Gasteiger partial charge in [0.15, 0.2) is 0 Å². The van der Waals surface area contributed by atoms with Gasteiger partial charge in [-0.2, -0.15) is 0 Å². The molecule has 1 heterocycles. The zero-order chi connectivity index (χ0) is 22.5. The fraction of sp³-hybridized carbons (Fsp3) is 0.652. The average Bonchev–Trinajstić information content (AvgIpc) is 2.94. The van der Waals surface area contributed by atoms with Crippen LogP contribution in [0, 0.1) is 12.3 Å². The van der Waals surface area contributed by atoms with E-state index in [4.69, 9.17) is 22.2 Å². The highest BCUT2D eigenvalue weighted by atomic mass is 35.5. The fourth-order valence-corrected chi connectivity index (χ4v) is 5.13. The fourth-order valence-electron chi connectivity index (χ4n) is 4.97. The van der Waals surface area contributed by atoms with Gasteiger partial charge < -0.3 is 9.64 Å². The average molecular weight is 436 g/mol. The number of hydrogen-bond acceptors (Lipinski definition) is 4. The highest BCUT2D eigenvalue weighted by Gasteiger charge is 2.52. The van der Waals surface area contributed by atoms with Crippen molar-refractivity contribution in [3.05, 3.63) is 33.8 Å². The third-order valence-electron chi connectivity index (χ3n) is 6.83. The molecule has 30 heavy (non-hydrogen) atoms. The van der Waals surface area contributed by atoms with Gasteiger partial charge in [-0.3, -0.25) is 10.2 Å². The molecule has 0 bridgehead atoms. The molecule has 1 aromatic rings. The lowest BCUT2D eigenvalue weighted by molar-refractivity contribution is -0.130. The quantitative estimate of drug-likeness (QED) is 0.409. The third kappa shape index (κ3) is 4.04. The lowest BCUT2D eigenvalue weighted by atomic mass is 9.70. The number of nitrogens with one attached hydrogen (secondary N) is 1.